The average Bonchev–Trinajstić information content (AvgIpc) is 2.80. The minimum atomic E-state index is -3.59. The maximum atomic E-state index is 13.4. The van der Waals surface area contributed by atoms with Crippen molar-refractivity contribution < 1.29 is 13.6 Å². The molecule has 1 N–H and O–H groups in total. The lowest BCUT2D eigenvalue weighted by molar-refractivity contribution is 0.0864. The fourth-order valence-electron chi connectivity index (χ4n) is 1.88. The van der Waals surface area contributed by atoms with Gasteiger partial charge in [0.2, 0.25) is 0 Å². The zero-order chi connectivity index (χ0) is 15.6. The van der Waals surface area contributed by atoms with Crippen LogP contribution < -0.4 is 5.32 Å². The third kappa shape index (κ3) is 3.47. The Morgan fingerprint density at radius 2 is 2.19 bits per heavy atom. The normalized spacial score (nSPS) is 11.9. The first-order valence-electron chi connectivity index (χ1n) is 6.55. The zero-order valence-electron chi connectivity index (χ0n) is 11.7. The van der Waals surface area contributed by atoms with Gasteiger partial charge in [-0.1, -0.05) is 13.3 Å². The van der Waals surface area contributed by atoms with Crippen LogP contribution in [0, 0.1) is 6.92 Å². The molecule has 0 spiro atoms. The number of alkyl halides is 3. The number of carbonyl (C=O) groups excluding carboxylic acids is 1. The Balaban J connectivity index is 2.39. The highest BCUT2D eigenvalue weighted by molar-refractivity contribution is 6.21. The van der Waals surface area contributed by atoms with Gasteiger partial charge in [-0.3, -0.25) is 4.79 Å². The van der Waals surface area contributed by atoms with E-state index in [9.17, 15) is 13.6 Å². The second-order valence-corrected chi connectivity index (χ2v) is 5.16. The van der Waals surface area contributed by atoms with Crippen molar-refractivity contribution in [2.45, 2.75) is 32.1 Å². The van der Waals surface area contributed by atoms with Crippen molar-refractivity contribution in [1.29, 1.82) is 0 Å². The van der Waals surface area contributed by atoms with Gasteiger partial charge in [-0.2, -0.15) is 13.9 Å². The average molecular weight is 317 g/mol. The molecule has 5 nitrogen and oxygen atoms in total. The Morgan fingerprint density at radius 3 is 2.81 bits per heavy atom. The molecule has 0 aromatic carbocycles. The number of hydrogen-bond acceptors (Lipinski definition) is 3. The lowest BCUT2D eigenvalue weighted by Gasteiger charge is -2.10. The van der Waals surface area contributed by atoms with Gasteiger partial charge >= 0.3 is 5.38 Å². The molecule has 1 amide bonds. The van der Waals surface area contributed by atoms with Crippen LogP contribution in [0.1, 0.15) is 41.6 Å². The van der Waals surface area contributed by atoms with Crippen LogP contribution in [0.2, 0.25) is 0 Å². The molecular weight excluding hydrogens is 302 g/mol. The number of hydrogen-bond donors (Lipinski definition) is 1. The number of unbranched alkanes of at least 4 members (excludes halogenated alkanes) is 1. The van der Waals surface area contributed by atoms with Crippen LogP contribution in [-0.2, 0) is 5.38 Å². The van der Waals surface area contributed by atoms with Crippen LogP contribution >= 0.6 is 11.6 Å². The molecule has 0 radical (unpaired) electrons. The Kier molecular flexibility index (Phi) is 4.41. The first-order valence-corrected chi connectivity index (χ1v) is 6.93. The van der Waals surface area contributed by atoms with E-state index in [1.807, 2.05) is 6.92 Å². The summed E-state index contributed by atoms with van der Waals surface area (Å²) in [5.74, 6) is -0.421. The molecule has 0 unspecified atom stereocenters. The number of nitrogens with zero attached hydrogens (tertiary/aromatic N) is 3. The third-order valence-corrected chi connectivity index (χ3v) is 3.09. The number of aryl methyl sites for hydroxylation is 1. The van der Waals surface area contributed by atoms with Gasteiger partial charge in [-0.05, 0) is 31.0 Å². The number of carbonyl (C=O) groups is 1. The van der Waals surface area contributed by atoms with Gasteiger partial charge in [0.15, 0.2) is 11.3 Å². The number of amides is 1. The number of aromatic nitrogens is 3. The SMILES string of the molecule is CCCCNC(=O)c1cc2nc(C)cc(C(F)(F)Cl)n2n1. The molecule has 114 valence electrons. The van der Waals surface area contributed by atoms with Crippen LogP contribution in [0.25, 0.3) is 5.65 Å². The molecular formula is C13H15ClF2N4O. The molecule has 0 bridgehead atoms. The van der Waals surface area contributed by atoms with Crippen molar-refractivity contribution in [3.8, 4) is 0 Å². The molecule has 21 heavy (non-hydrogen) atoms. The van der Waals surface area contributed by atoms with E-state index in [-0.39, 0.29) is 11.3 Å². The van der Waals surface area contributed by atoms with Gasteiger partial charge < -0.3 is 5.32 Å². The number of nitrogens with one attached hydrogen (secondary N) is 1. The summed E-state index contributed by atoms with van der Waals surface area (Å²) in [6.45, 7) is 4.08. The molecule has 2 aromatic heterocycles. The Hall–Kier alpha value is -1.76. The number of rotatable bonds is 5. The van der Waals surface area contributed by atoms with Gasteiger partial charge in [-0.15, -0.1) is 0 Å². The van der Waals surface area contributed by atoms with Crippen LogP contribution in [0.3, 0.4) is 0 Å². The smallest absolute Gasteiger partial charge is 0.351 e. The fraction of sp³-hybridized carbons (Fsp3) is 0.462. The fourth-order valence-corrected chi connectivity index (χ4v) is 2.02. The molecule has 0 aliphatic carbocycles. The standard InChI is InChI=1S/C13H15ClF2N4O/c1-3-4-5-17-12(21)9-7-11-18-8(2)6-10(13(14,15)16)20(11)19-9/h6-7H,3-5H2,1-2H3,(H,17,21). The van der Waals surface area contributed by atoms with Crippen molar-refractivity contribution >= 4 is 23.2 Å². The summed E-state index contributed by atoms with van der Waals surface area (Å²) in [5.41, 5.74) is 0.0484. The van der Waals surface area contributed by atoms with E-state index < -0.39 is 17.0 Å². The highest BCUT2D eigenvalue weighted by Crippen LogP contribution is 2.32. The lowest BCUT2D eigenvalue weighted by atomic mass is 10.3. The predicted molar refractivity (Wildman–Crippen MR) is 74.7 cm³/mol. The van der Waals surface area contributed by atoms with E-state index in [0.717, 1.165) is 23.4 Å². The summed E-state index contributed by atoms with van der Waals surface area (Å²) < 4.78 is 27.7. The van der Waals surface area contributed by atoms with Crippen LogP contribution in [-0.4, -0.2) is 27.0 Å². The van der Waals surface area contributed by atoms with E-state index in [2.05, 4.69) is 15.4 Å². The minimum absolute atomic E-state index is 0.0337. The zero-order valence-corrected chi connectivity index (χ0v) is 12.4. The second kappa shape index (κ2) is 5.93. The van der Waals surface area contributed by atoms with E-state index in [1.165, 1.54) is 6.07 Å². The van der Waals surface area contributed by atoms with Gasteiger partial charge in [0.25, 0.3) is 5.91 Å². The number of halogens is 3. The molecule has 0 aliphatic heterocycles. The second-order valence-electron chi connectivity index (χ2n) is 4.69. The summed E-state index contributed by atoms with van der Waals surface area (Å²) in [6.07, 6.45) is 1.77. The maximum absolute atomic E-state index is 13.4. The minimum Gasteiger partial charge on any atom is -0.351 e. The topological polar surface area (TPSA) is 59.3 Å². The molecule has 0 saturated carbocycles. The summed E-state index contributed by atoms with van der Waals surface area (Å²) in [5, 5.41) is 2.96. The highest BCUT2D eigenvalue weighted by atomic mass is 35.5. The molecule has 8 heteroatoms. The maximum Gasteiger partial charge on any atom is 0.364 e. The lowest BCUT2D eigenvalue weighted by Crippen LogP contribution is -2.24. The van der Waals surface area contributed by atoms with Crippen LogP contribution in [0.5, 0.6) is 0 Å². The number of fused-ring (bicyclic) bond motifs is 1. The Morgan fingerprint density at radius 1 is 1.48 bits per heavy atom. The molecule has 2 aromatic rings. The van der Waals surface area contributed by atoms with Crippen molar-refractivity contribution in [1.82, 2.24) is 19.9 Å². The molecule has 0 fully saturated rings. The van der Waals surface area contributed by atoms with Crippen LogP contribution in [0.4, 0.5) is 8.78 Å². The third-order valence-electron chi connectivity index (χ3n) is 2.89. The van der Waals surface area contributed by atoms with Crippen LogP contribution in [0.15, 0.2) is 12.1 Å². The molecule has 2 heterocycles. The first kappa shape index (κ1) is 15.6. The molecule has 0 aliphatic rings. The quantitative estimate of drug-likeness (QED) is 0.681. The summed E-state index contributed by atoms with van der Waals surface area (Å²) in [7, 11) is 0. The van der Waals surface area contributed by atoms with Crippen molar-refractivity contribution in [3.05, 3.63) is 29.2 Å². The van der Waals surface area contributed by atoms with Gasteiger partial charge in [0.1, 0.15) is 5.69 Å². The van der Waals surface area contributed by atoms with E-state index in [4.69, 9.17) is 11.6 Å². The molecule has 0 atom stereocenters. The summed E-state index contributed by atoms with van der Waals surface area (Å²) in [4.78, 5) is 16.0. The predicted octanol–water partition coefficient (Wildman–Crippen LogP) is 2.86. The largest absolute Gasteiger partial charge is 0.364 e. The first-order chi connectivity index (χ1) is 9.82. The molecule has 2 rings (SSSR count). The van der Waals surface area contributed by atoms with Crippen molar-refractivity contribution in [2.24, 2.45) is 0 Å². The summed E-state index contributed by atoms with van der Waals surface area (Å²) in [6, 6.07) is 2.51. The van der Waals surface area contributed by atoms with E-state index in [1.54, 1.807) is 6.92 Å². The van der Waals surface area contributed by atoms with Gasteiger partial charge in [0.05, 0.1) is 0 Å². The van der Waals surface area contributed by atoms with Gasteiger partial charge in [-0.25, -0.2) is 9.50 Å². The molecule has 0 saturated heterocycles. The highest BCUT2D eigenvalue weighted by Gasteiger charge is 2.32. The Bertz CT molecular complexity index is 666. The van der Waals surface area contributed by atoms with Gasteiger partial charge in [0, 0.05) is 18.3 Å². The van der Waals surface area contributed by atoms with Crippen molar-refractivity contribution in [2.75, 3.05) is 6.54 Å². The monoisotopic (exact) mass is 316 g/mol. The van der Waals surface area contributed by atoms with E-state index >= 15 is 0 Å². The summed E-state index contributed by atoms with van der Waals surface area (Å²) >= 11 is 5.08. The van der Waals surface area contributed by atoms with E-state index in [0.29, 0.717) is 12.2 Å². The van der Waals surface area contributed by atoms with Crippen molar-refractivity contribution in [3.63, 3.8) is 0 Å². The Labute approximate surface area is 125 Å².